The molecule has 0 aromatic heterocycles. The Morgan fingerprint density at radius 1 is 1.10 bits per heavy atom. The number of hydrogen-bond donors (Lipinski definition) is 2. The Morgan fingerprint density at radius 3 is 2.25 bits per heavy atom. The molecule has 20 heavy (non-hydrogen) atoms. The maximum Gasteiger partial charge on any atom is 0.123 e. The summed E-state index contributed by atoms with van der Waals surface area (Å²) in [5, 5.41) is 0. The van der Waals surface area contributed by atoms with Crippen LogP contribution in [0.5, 0.6) is 0 Å². The van der Waals surface area contributed by atoms with Crippen LogP contribution in [0.4, 0.5) is 10.1 Å². The van der Waals surface area contributed by atoms with Crippen LogP contribution in [0.2, 0.25) is 0 Å². The summed E-state index contributed by atoms with van der Waals surface area (Å²) in [6.07, 6.45) is 0. The first kappa shape index (κ1) is 14.5. The van der Waals surface area contributed by atoms with Crippen LogP contribution in [0.1, 0.15) is 22.7 Å². The second-order valence-electron chi connectivity index (χ2n) is 5.09. The number of benzene rings is 2. The van der Waals surface area contributed by atoms with Crippen molar-refractivity contribution in [1.29, 1.82) is 0 Å². The molecule has 4 heteroatoms. The third-order valence-corrected chi connectivity index (χ3v) is 3.45. The van der Waals surface area contributed by atoms with E-state index in [0.717, 1.165) is 22.4 Å². The lowest BCUT2D eigenvalue weighted by Crippen LogP contribution is -2.29. The number of nitrogens with two attached hydrogens (primary N) is 1. The standard InChI is InChI=1S/C16H20FN3/c1-11-10-13(17)6-9-15(11)16(19-18)12-4-7-14(8-5-12)20(2)3/h4-10,16,19H,18H2,1-3H3. The van der Waals surface area contributed by atoms with Gasteiger partial charge in [-0.25, -0.2) is 9.82 Å². The number of anilines is 1. The average molecular weight is 273 g/mol. The maximum atomic E-state index is 13.2. The van der Waals surface area contributed by atoms with Crippen molar-refractivity contribution in [3.8, 4) is 0 Å². The summed E-state index contributed by atoms with van der Waals surface area (Å²) in [6.45, 7) is 1.89. The predicted octanol–water partition coefficient (Wildman–Crippen LogP) is 2.75. The van der Waals surface area contributed by atoms with E-state index in [-0.39, 0.29) is 11.9 Å². The number of rotatable bonds is 4. The maximum absolute atomic E-state index is 13.2. The van der Waals surface area contributed by atoms with Crippen LogP contribution in [0.15, 0.2) is 42.5 Å². The highest BCUT2D eigenvalue weighted by Crippen LogP contribution is 2.26. The lowest BCUT2D eigenvalue weighted by molar-refractivity contribution is 0.612. The molecule has 106 valence electrons. The molecule has 0 radical (unpaired) electrons. The summed E-state index contributed by atoms with van der Waals surface area (Å²) in [5.41, 5.74) is 6.84. The van der Waals surface area contributed by atoms with E-state index >= 15 is 0 Å². The molecule has 0 amide bonds. The minimum atomic E-state index is -0.232. The molecular weight excluding hydrogens is 253 g/mol. The minimum absolute atomic E-state index is 0.146. The second-order valence-corrected chi connectivity index (χ2v) is 5.09. The normalized spacial score (nSPS) is 12.2. The first-order valence-corrected chi connectivity index (χ1v) is 6.52. The minimum Gasteiger partial charge on any atom is -0.378 e. The Labute approximate surface area is 119 Å². The van der Waals surface area contributed by atoms with E-state index < -0.39 is 0 Å². The van der Waals surface area contributed by atoms with E-state index in [2.05, 4.69) is 5.43 Å². The van der Waals surface area contributed by atoms with Gasteiger partial charge in [0.2, 0.25) is 0 Å². The van der Waals surface area contributed by atoms with Crippen LogP contribution >= 0.6 is 0 Å². The van der Waals surface area contributed by atoms with Crippen LogP contribution in [0, 0.1) is 12.7 Å². The summed E-state index contributed by atoms with van der Waals surface area (Å²) in [7, 11) is 4.00. The highest BCUT2D eigenvalue weighted by molar-refractivity contribution is 5.48. The number of hydrazine groups is 1. The van der Waals surface area contributed by atoms with Crippen molar-refractivity contribution >= 4 is 5.69 Å². The zero-order valence-electron chi connectivity index (χ0n) is 12.0. The fraction of sp³-hybridized carbons (Fsp3) is 0.250. The van der Waals surface area contributed by atoms with Crippen LogP contribution in [-0.4, -0.2) is 14.1 Å². The molecular formula is C16H20FN3. The molecule has 0 saturated heterocycles. The lowest BCUT2D eigenvalue weighted by atomic mass is 9.95. The lowest BCUT2D eigenvalue weighted by Gasteiger charge is -2.20. The van der Waals surface area contributed by atoms with Crippen molar-refractivity contribution in [3.63, 3.8) is 0 Å². The molecule has 0 aliphatic heterocycles. The molecule has 0 saturated carbocycles. The van der Waals surface area contributed by atoms with E-state index in [1.807, 2.05) is 50.2 Å². The van der Waals surface area contributed by atoms with Gasteiger partial charge in [0.1, 0.15) is 5.82 Å². The fourth-order valence-corrected chi connectivity index (χ4v) is 2.29. The SMILES string of the molecule is Cc1cc(F)ccc1C(NN)c1ccc(N(C)C)cc1. The summed E-state index contributed by atoms with van der Waals surface area (Å²) in [4.78, 5) is 2.04. The highest BCUT2D eigenvalue weighted by atomic mass is 19.1. The average Bonchev–Trinajstić information content (AvgIpc) is 2.42. The van der Waals surface area contributed by atoms with Gasteiger partial charge in [-0.05, 0) is 47.9 Å². The summed E-state index contributed by atoms with van der Waals surface area (Å²) in [6, 6.07) is 12.7. The zero-order chi connectivity index (χ0) is 14.7. The summed E-state index contributed by atoms with van der Waals surface area (Å²) < 4.78 is 13.2. The van der Waals surface area contributed by atoms with E-state index in [9.17, 15) is 4.39 Å². The monoisotopic (exact) mass is 273 g/mol. The quantitative estimate of drug-likeness (QED) is 0.665. The first-order chi connectivity index (χ1) is 9.52. The van der Waals surface area contributed by atoms with Crippen LogP contribution in [-0.2, 0) is 0 Å². The van der Waals surface area contributed by atoms with Gasteiger partial charge in [0, 0.05) is 19.8 Å². The van der Waals surface area contributed by atoms with Crippen LogP contribution < -0.4 is 16.2 Å². The highest BCUT2D eigenvalue weighted by Gasteiger charge is 2.15. The first-order valence-electron chi connectivity index (χ1n) is 6.52. The molecule has 0 bridgehead atoms. The molecule has 2 rings (SSSR count). The molecule has 3 nitrogen and oxygen atoms in total. The summed E-state index contributed by atoms with van der Waals surface area (Å²) >= 11 is 0. The van der Waals surface area contributed by atoms with Gasteiger partial charge in [-0.1, -0.05) is 18.2 Å². The molecule has 0 spiro atoms. The number of hydrogen-bond acceptors (Lipinski definition) is 3. The molecule has 1 unspecified atom stereocenters. The largest absolute Gasteiger partial charge is 0.378 e. The van der Waals surface area contributed by atoms with E-state index in [4.69, 9.17) is 5.84 Å². The van der Waals surface area contributed by atoms with Crippen molar-refractivity contribution < 1.29 is 4.39 Å². The topological polar surface area (TPSA) is 41.3 Å². The number of halogens is 1. The van der Waals surface area contributed by atoms with Gasteiger partial charge in [0.05, 0.1) is 6.04 Å². The zero-order valence-corrected chi connectivity index (χ0v) is 12.0. The van der Waals surface area contributed by atoms with Crippen molar-refractivity contribution in [2.24, 2.45) is 5.84 Å². The smallest absolute Gasteiger partial charge is 0.123 e. The van der Waals surface area contributed by atoms with Crippen molar-refractivity contribution in [2.75, 3.05) is 19.0 Å². The third kappa shape index (κ3) is 2.98. The van der Waals surface area contributed by atoms with E-state index in [1.165, 1.54) is 12.1 Å². The molecule has 0 aliphatic rings. The molecule has 0 fully saturated rings. The second kappa shape index (κ2) is 6.03. The van der Waals surface area contributed by atoms with E-state index in [0.29, 0.717) is 0 Å². The summed E-state index contributed by atoms with van der Waals surface area (Å²) in [5.74, 6) is 5.46. The molecule has 0 heterocycles. The van der Waals surface area contributed by atoms with Crippen LogP contribution in [0.25, 0.3) is 0 Å². The Hall–Kier alpha value is -1.91. The Balaban J connectivity index is 2.36. The van der Waals surface area contributed by atoms with Gasteiger partial charge in [-0.2, -0.15) is 0 Å². The molecule has 1 atom stereocenters. The van der Waals surface area contributed by atoms with Gasteiger partial charge < -0.3 is 4.90 Å². The molecule has 2 aromatic carbocycles. The number of nitrogens with zero attached hydrogens (tertiary/aromatic N) is 1. The van der Waals surface area contributed by atoms with Gasteiger partial charge >= 0.3 is 0 Å². The van der Waals surface area contributed by atoms with Crippen molar-refractivity contribution in [3.05, 3.63) is 65.0 Å². The Bertz CT molecular complexity index is 579. The van der Waals surface area contributed by atoms with E-state index in [1.54, 1.807) is 6.07 Å². The number of aryl methyl sites for hydroxylation is 1. The third-order valence-electron chi connectivity index (χ3n) is 3.45. The van der Waals surface area contributed by atoms with Gasteiger partial charge in [-0.3, -0.25) is 5.84 Å². The van der Waals surface area contributed by atoms with Crippen LogP contribution in [0.3, 0.4) is 0 Å². The fourth-order valence-electron chi connectivity index (χ4n) is 2.29. The van der Waals surface area contributed by atoms with Gasteiger partial charge in [0.15, 0.2) is 0 Å². The molecule has 3 N–H and O–H groups in total. The van der Waals surface area contributed by atoms with Crippen molar-refractivity contribution in [1.82, 2.24) is 5.43 Å². The Kier molecular flexibility index (Phi) is 4.37. The number of nitrogens with one attached hydrogen (secondary N) is 1. The molecule has 2 aromatic rings. The predicted molar refractivity (Wildman–Crippen MR) is 81.1 cm³/mol. The van der Waals surface area contributed by atoms with Gasteiger partial charge in [0.25, 0.3) is 0 Å². The van der Waals surface area contributed by atoms with Crippen molar-refractivity contribution in [2.45, 2.75) is 13.0 Å². The molecule has 0 aliphatic carbocycles. The Morgan fingerprint density at radius 2 is 1.75 bits per heavy atom. The van der Waals surface area contributed by atoms with Gasteiger partial charge in [-0.15, -0.1) is 0 Å².